The minimum atomic E-state index is -0.290. The molecule has 1 aromatic carbocycles. The smallest absolute Gasteiger partial charge is 0.273 e. The van der Waals surface area contributed by atoms with Crippen LogP contribution in [0.15, 0.2) is 34.5 Å². The Morgan fingerprint density at radius 3 is 2.57 bits per heavy atom. The van der Waals surface area contributed by atoms with Gasteiger partial charge >= 0.3 is 0 Å². The van der Waals surface area contributed by atoms with Gasteiger partial charge in [-0.3, -0.25) is 10.1 Å². The van der Waals surface area contributed by atoms with E-state index >= 15 is 0 Å². The molecule has 0 spiro atoms. The normalized spacial score (nSPS) is 14.2. The second kappa shape index (κ2) is 6.37. The second-order valence-electron chi connectivity index (χ2n) is 5.27. The van der Waals surface area contributed by atoms with E-state index in [1.807, 2.05) is 13.8 Å². The van der Waals surface area contributed by atoms with Gasteiger partial charge in [0, 0.05) is 22.6 Å². The van der Waals surface area contributed by atoms with Gasteiger partial charge in [0.2, 0.25) is 0 Å². The van der Waals surface area contributed by atoms with Crippen molar-refractivity contribution in [2.24, 2.45) is 10.2 Å². The third-order valence-corrected chi connectivity index (χ3v) is 4.35. The molecule has 2 heterocycles. The average Bonchev–Trinajstić information content (AvgIpc) is 2.89. The van der Waals surface area contributed by atoms with Crippen LogP contribution in [-0.2, 0) is 4.79 Å². The Labute approximate surface area is 137 Å². The van der Waals surface area contributed by atoms with Crippen molar-refractivity contribution in [3.8, 4) is 11.3 Å². The van der Waals surface area contributed by atoms with E-state index in [4.69, 9.17) is 0 Å². The number of amides is 1. The first-order chi connectivity index (χ1) is 11.0. The summed E-state index contributed by atoms with van der Waals surface area (Å²) in [7, 11) is 0. The average molecular weight is 330 g/mol. The summed E-state index contributed by atoms with van der Waals surface area (Å²) < 4.78 is 13.0. The van der Waals surface area contributed by atoms with Gasteiger partial charge in [0.05, 0.1) is 5.69 Å². The molecule has 0 bridgehead atoms. The fourth-order valence-electron chi connectivity index (χ4n) is 2.20. The summed E-state index contributed by atoms with van der Waals surface area (Å²) in [6, 6.07) is 6.13. The number of hydrogen-bond donors (Lipinski definition) is 1. The van der Waals surface area contributed by atoms with E-state index in [0.29, 0.717) is 17.3 Å². The zero-order chi connectivity index (χ0) is 16.4. The third-order valence-electron chi connectivity index (χ3n) is 3.46. The van der Waals surface area contributed by atoms with E-state index in [1.54, 1.807) is 12.1 Å². The number of hydrogen-bond acceptors (Lipinski definition) is 5. The van der Waals surface area contributed by atoms with E-state index < -0.39 is 0 Å². The summed E-state index contributed by atoms with van der Waals surface area (Å²) in [5.41, 5.74) is 2.89. The molecule has 0 aliphatic carbocycles. The van der Waals surface area contributed by atoms with Crippen LogP contribution in [0, 0.1) is 12.7 Å². The molecule has 2 aromatic rings. The number of nitrogens with one attached hydrogen (secondary N) is 1. The van der Waals surface area contributed by atoms with E-state index in [-0.39, 0.29) is 11.7 Å². The standard InChI is InChI=1S/C16H15FN4OS/c1-9-3-8-13(21-20-9)15(22)19-16-18-14(10(2)23-16)11-4-6-12(17)7-5-11/h4-7H,3,8H2,1-2H3,(H,18,19,22). The predicted octanol–water partition coefficient (Wildman–Crippen LogP) is 3.81. The molecule has 1 aromatic heterocycles. The van der Waals surface area contributed by atoms with E-state index in [9.17, 15) is 9.18 Å². The lowest BCUT2D eigenvalue weighted by atomic mass is 10.1. The number of anilines is 1. The van der Waals surface area contributed by atoms with Gasteiger partial charge in [0.1, 0.15) is 11.5 Å². The minimum Gasteiger partial charge on any atom is -0.297 e. The number of carbonyl (C=O) groups is 1. The highest BCUT2D eigenvalue weighted by atomic mass is 32.1. The summed E-state index contributed by atoms with van der Waals surface area (Å²) >= 11 is 1.38. The van der Waals surface area contributed by atoms with Gasteiger partial charge in [-0.05, 0) is 44.5 Å². The topological polar surface area (TPSA) is 66.7 Å². The fourth-order valence-corrected chi connectivity index (χ4v) is 3.03. The lowest BCUT2D eigenvalue weighted by Gasteiger charge is -2.08. The zero-order valence-corrected chi connectivity index (χ0v) is 13.6. The van der Waals surface area contributed by atoms with Crippen molar-refractivity contribution in [2.45, 2.75) is 26.7 Å². The Morgan fingerprint density at radius 2 is 1.91 bits per heavy atom. The van der Waals surface area contributed by atoms with Crippen molar-refractivity contribution in [3.05, 3.63) is 35.0 Å². The van der Waals surface area contributed by atoms with Crippen molar-refractivity contribution in [2.75, 3.05) is 5.32 Å². The Hall–Kier alpha value is -2.41. The minimum absolute atomic E-state index is 0.277. The third kappa shape index (κ3) is 3.50. The van der Waals surface area contributed by atoms with Crippen LogP contribution in [0.3, 0.4) is 0 Å². The zero-order valence-electron chi connectivity index (χ0n) is 12.8. The molecule has 3 rings (SSSR count). The molecule has 0 fully saturated rings. The number of carbonyl (C=O) groups excluding carboxylic acids is 1. The monoisotopic (exact) mass is 330 g/mol. The SMILES string of the molecule is CC1=NN=C(C(=O)Nc2nc(-c3ccc(F)cc3)c(C)s2)CC1. The van der Waals surface area contributed by atoms with Crippen LogP contribution in [0.5, 0.6) is 0 Å². The lowest BCUT2D eigenvalue weighted by Crippen LogP contribution is -2.24. The highest BCUT2D eigenvalue weighted by Crippen LogP contribution is 2.30. The maximum absolute atomic E-state index is 13.0. The predicted molar refractivity (Wildman–Crippen MR) is 90.7 cm³/mol. The Morgan fingerprint density at radius 1 is 1.17 bits per heavy atom. The highest BCUT2D eigenvalue weighted by molar-refractivity contribution is 7.16. The highest BCUT2D eigenvalue weighted by Gasteiger charge is 2.18. The number of thiazole rings is 1. The molecule has 0 saturated carbocycles. The van der Waals surface area contributed by atoms with Crippen molar-refractivity contribution < 1.29 is 9.18 Å². The Bertz CT molecular complexity index is 808. The number of rotatable bonds is 3. The van der Waals surface area contributed by atoms with E-state index in [2.05, 4.69) is 20.5 Å². The van der Waals surface area contributed by atoms with Crippen LogP contribution in [0.4, 0.5) is 9.52 Å². The van der Waals surface area contributed by atoms with Crippen molar-refractivity contribution in [3.63, 3.8) is 0 Å². The van der Waals surface area contributed by atoms with Gasteiger partial charge in [-0.2, -0.15) is 5.10 Å². The van der Waals surface area contributed by atoms with Crippen LogP contribution < -0.4 is 5.32 Å². The number of benzene rings is 1. The molecule has 1 amide bonds. The molecule has 0 radical (unpaired) electrons. The molecule has 7 heteroatoms. The quantitative estimate of drug-likeness (QED) is 0.930. The molecule has 5 nitrogen and oxygen atoms in total. The molecule has 0 saturated heterocycles. The van der Waals surface area contributed by atoms with Crippen molar-refractivity contribution >= 4 is 33.8 Å². The maximum atomic E-state index is 13.0. The van der Waals surface area contributed by atoms with Gasteiger partial charge in [-0.15, -0.1) is 16.4 Å². The van der Waals surface area contributed by atoms with E-state index in [0.717, 1.165) is 28.3 Å². The molecule has 1 aliphatic heterocycles. The van der Waals surface area contributed by atoms with Crippen LogP contribution in [0.25, 0.3) is 11.3 Å². The summed E-state index contributed by atoms with van der Waals surface area (Å²) in [5, 5.41) is 11.1. The van der Waals surface area contributed by atoms with Gasteiger partial charge in [0.25, 0.3) is 5.91 Å². The van der Waals surface area contributed by atoms with E-state index in [1.165, 1.54) is 23.5 Å². The van der Waals surface area contributed by atoms with Gasteiger partial charge < -0.3 is 0 Å². The molecular formula is C16H15FN4OS. The maximum Gasteiger partial charge on any atom is 0.273 e. The molecule has 23 heavy (non-hydrogen) atoms. The number of aromatic nitrogens is 1. The first kappa shape index (κ1) is 15.5. The van der Waals surface area contributed by atoms with Gasteiger partial charge in [-0.1, -0.05) is 0 Å². The Balaban J connectivity index is 1.78. The van der Waals surface area contributed by atoms with Gasteiger partial charge in [-0.25, -0.2) is 9.37 Å². The van der Waals surface area contributed by atoms with Crippen LogP contribution in [0.1, 0.15) is 24.6 Å². The lowest BCUT2D eigenvalue weighted by molar-refractivity contribution is -0.110. The van der Waals surface area contributed by atoms with Crippen LogP contribution in [-0.4, -0.2) is 22.3 Å². The molecule has 1 N–H and O–H groups in total. The first-order valence-electron chi connectivity index (χ1n) is 7.17. The molecule has 1 aliphatic rings. The molecule has 0 atom stereocenters. The van der Waals surface area contributed by atoms with Crippen LogP contribution >= 0.6 is 11.3 Å². The molecular weight excluding hydrogens is 315 g/mol. The second-order valence-corrected chi connectivity index (χ2v) is 6.47. The summed E-state index contributed by atoms with van der Waals surface area (Å²) in [6.07, 6.45) is 1.32. The fraction of sp³-hybridized carbons (Fsp3) is 0.250. The van der Waals surface area contributed by atoms with Gasteiger partial charge in [0.15, 0.2) is 5.13 Å². The molecule has 118 valence electrons. The van der Waals surface area contributed by atoms with Crippen LogP contribution in [0.2, 0.25) is 0 Å². The van der Waals surface area contributed by atoms with Crippen molar-refractivity contribution in [1.29, 1.82) is 0 Å². The summed E-state index contributed by atoms with van der Waals surface area (Å²) in [4.78, 5) is 17.6. The van der Waals surface area contributed by atoms with Crippen molar-refractivity contribution in [1.82, 2.24) is 4.98 Å². The number of halogens is 1. The molecule has 0 unspecified atom stereocenters. The Kier molecular flexibility index (Phi) is 4.29. The first-order valence-corrected chi connectivity index (χ1v) is 7.99. The largest absolute Gasteiger partial charge is 0.297 e. The summed E-state index contributed by atoms with van der Waals surface area (Å²) in [6.45, 7) is 3.80. The number of nitrogens with zero attached hydrogens (tertiary/aromatic N) is 3. The summed E-state index contributed by atoms with van der Waals surface area (Å²) in [5.74, 6) is -0.568. The number of aryl methyl sites for hydroxylation is 1.